The summed E-state index contributed by atoms with van der Waals surface area (Å²) in [6.45, 7) is 2.27. The fourth-order valence-electron chi connectivity index (χ4n) is 4.04. The molecule has 2 saturated carbocycles. The summed E-state index contributed by atoms with van der Waals surface area (Å²) in [5, 5.41) is 8.21. The lowest BCUT2D eigenvalue weighted by atomic mass is 9.84. The quantitative estimate of drug-likeness (QED) is 0.917. The minimum absolute atomic E-state index is 0.448. The lowest BCUT2D eigenvalue weighted by Gasteiger charge is -2.28. The largest absolute Gasteiger partial charge is 0.367 e. The normalized spacial score (nSPS) is 30.9. The van der Waals surface area contributed by atoms with E-state index in [1.54, 1.807) is 6.20 Å². The highest BCUT2D eigenvalue weighted by Crippen LogP contribution is 2.49. The molecule has 4 atom stereocenters. The van der Waals surface area contributed by atoms with E-state index >= 15 is 0 Å². The number of anilines is 1. The Balaban J connectivity index is 1.56. The Morgan fingerprint density at radius 3 is 3.05 bits per heavy atom. The molecule has 5 nitrogen and oxygen atoms in total. The van der Waals surface area contributed by atoms with Gasteiger partial charge < -0.3 is 9.84 Å². The first-order valence-corrected chi connectivity index (χ1v) is 7.13. The van der Waals surface area contributed by atoms with Gasteiger partial charge in [0.15, 0.2) is 0 Å². The van der Waals surface area contributed by atoms with Gasteiger partial charge in [0.2, 0.25) is 0 Å². The van der Waals surface area contributed by atoms with Crippen molar-refractivity contribution in [2.45, 2.75) is 38.6 Å². The highest BCUT2D eigenvalue weighted by Gasteiger charge is 2.41. The first kappa shape index (κ1) is 11.2. The average molecular weight is 258 g/mol. The molecule has 2 aliphatic carbocycles. The smallest absolute Gasteiger partial charge is 0.262 e. The molecule has 2 fully saturated rings. The molecule has 2 heterocycles. The van der Waals surface area contributed by atoms with Gasteiger partial charge in [0.1, 0.15) is 17.5 Å². The fourth-order valence-corrected chi connectivity index (χ4v) is 4.04. The molecule has 0 amide bonds. The Kier molecular flexibility index (Phi) is 2.47. The van der Waals surface area contributed by atoms with Crippen LogP contribution in [0.1, 0.15) is 32.6 Å². The second-order valence-corrected chi connectivity index (χ2v) is 6.04. The van der Waals surface area contributed by atoms with Crippen molar-refractivity contribution in [3.8, 4) is 0 Å². The first-order chi connectivity index (χ1) is 9.31. The maximum Gasteiger partial charge on any atom is 0.262 e. The van der Waals surface area contributed by atoms with Gasteiger partial charge in [0.05, 0.1) is 6.20 Å². The first-order valence-electron chi connectivity index (χ1n) is 7.13. The zero-order chi connectivity index (χ0) is 12.8. The van der Waals surface area contributed by atoms with E-state index in [2.05, 4.69) is 27.4 Å². The van der Waals surface area contributed by atoms with Crippen LogP contribution in [-0.2, 0) is 0 Å². The van der Waals surface area contributed by atoms with E-state index in [1.807, 2.05) is 0 Å². The highest BCUT2D eigenvalue weighted by molar-refractivity contribution is 5.84. The molecule has 0 spiro atoms. The van der Waals surface area contributed by atoms with Crippen LogP contribution >= 0.6 is 0 Å². The van der Waals surface area contributed by atoms with Gasteiger partial charge in [-0.3, -0.25) is 0 Å². The van der Waals surface area contributed by atoms with Crippen LogP contribution in [0.4, 0.5) is 5.82 Å². The van der Waals surface area contributed by atoms with Crippen molar-refractivity contribution in [1.82, 2.24) is 15.1 Å². The van der Waals surface area contributed by atoms with Crippen LogP contribution in [0.5, 0.6) is 0 Å². The molecule has 100 valence electrons. The van der Waals surface area contributed by atoms with E-state index in [0.29, 0.717) is 11.8 Å². The zero-order valence-corrected chi connectivity index (χ0v) is 11.0. The van der Waals surface area contributed by atoms with Gasteiger partial charge in [-0.25, -0.2) is 4.98 Å². The fraction of sp³-hybridized carbons (Fsp3) is 0.643. The summed E-state index contributed by atoms with van der Waals surface area (Å²) in [5.74, 6) is 3.51. The van der Waals surface area contributed by atoms with E-state index in [4.69, 9.17) is 4.52 Å². The number of rotatable bonds is 3. The molecule has 0 saturated heterocycles. The van der Waals surface area contributed by atoms with Gasteiger partial charge in [0.25, 0.3) is 5.71 Å². The second-order valence-electron chi connectivity index (χ2n) is 6.04. The molecule has 2 aromatic heterocycles. The molecule has 0 aliphatic heterocycles. The van der Waals surface area contributed by atoms with Crippen LogP contribution < -0.4 is 5.32 Å². The summed E-state index contributed by atoms with van der Waals surface area (Å²) in [6, 6.07) is 0.448. The van der Waals surface area contributed by atoms with Crippen LogP contribution in [0.2, 0.25) is 0 Å². The standard InChI is InChI=1S/C14H18N4O/c1-8(11-5-9-2-3-10(11)4-9)18-13-12-6-17-19-14(12)16-7-15-13/h6-11H,2-5H2,1H3,(H,15,16,18)/t8-,9+,10+,11+/m1/s1. The van der Waals surface area contributed by atoms with Gasteiger partial charge in [0, 0.05) is 6.04 Å². The maximum atomic E-state index is 5.07. The summed E-state index contributed by atoms with van der Waals surface area (Å²) < 4.78 is 5.07. The third-order valence-corrected chi connectivity index (χ3v) is 4.97. The molecule has 2 aliphatic rings. The third kappa shape index (κ3) is 1.79. The van der Waals surface area contributed by atoms with Gasteiger partial charge in [-0.2, -0.15) is 4.98 Å². The van der Waals surface area contributed by atoms with Crippen molar-refractivity contribution in [3.63, 3.8) is 0 Å². The molecular formula is C14H18N4O. The van der Waals surface area contributed by atoms with Crippen molar-refractivity contribution in [1.29, 1.82) is 0 Å². The molecule has 2 bridgehead atoms. The minimum atomic E-state index is 0.448. The summed E-state index contributed by atoms with van der Waals surface area (Å²) in [7, 11) is 0. The van der Waals surface area contributed by atoms with Crippen LogP contribution in [0.25, 0.3) is 11.1 Å². The van der Waals surface area contributed by atoms with Crippen LogP contribution in [0.3, 0.4) is 0 Å². The number of aromatic nitrogens is 3. The molecule has 2 aromatic rings. The molecule has 1 N–H and O–H groups in total. The SMILES string of the molecule is C[C@@H](Nc1ncnc2oncc12)[C@@H]1C[C@H]2CC[C@H]1C2. The lowest BCUT2D eigenvalue weighted by Crippen LogP contribution is -2.30. The molecule has 0 radical (unpaired) electrons. The minimum Gasteiger partial charge on any atom is -0.367 e. The van der Waals surface area contributed by atoms with E-state index in [-0.39, 0.29) is 0 Å². The van der Waals surface area contributed by atoms with Crippen molar-refractivity contribution >= 4 is 16.9 Å². The molecule has 4 rings (SSSR count). The van der Waals surface area contributed by atoms with Gasteiger partial charge in [-0.15, -0.1) is 0 Å². The van der Waals surface area contributed by atoms with E-state index in [9.17, 15) is 0 Å². The number of fused-ring (bicyclic) bond motifs is 3. The summed E-state index contributed by atoms with van der Waals surface area (Å²) in [5.41, 5.74) is 0.553. The number of hydrogen-bond donors (Lipinski definition) is 1. The Morgan fingerprint density at radius 2 is 2.26 bits per heavy atom. The van der Waals surface area contributed by atoms with Gasteiger partial charge in [-0.05, 0) is 43.9 Å². The average Bonchev–Trinajstić information content (AvgIpc) is 3.14. The molecule has 0 unspecified atom stereocenters. The van der Waals surface area contributed by atoms with Crippen molar-refractivity contribution in [2.75, 3.05) is 5.32 Å². The summed E-state index contributed by atoms with van der Waals surface area (Å²) in [4.78, 5) is 8.39. The van der Waals surface area contributed by atoms with E-state index in [1.165, 1.54) is 32.0 Å². The number of nitrogens with one attached hydrogen (secondary N) is 1. The Labute approximate surface area is 111 Å². The van der Waals surface area contributed by atoms with Crippen LogP contribution in [-0.4, -0.2) is 21.2 Å². The van der Waals surface area contributed by atoms with Crippen molar-refractivity contribution < 1.29 is 4.52 Å². The maximum absolute atomic E-state index is 5.07. The molecular weight excluding hydrogens is 240 g/mol. The highest BCUT2D eigenvalue weighted by atomic mass is 16.5. The van der Waals surface area contributed by atoms with Crippen molar-refractivity contribution in [3.05, 3.63) is 12.5 Å². The summed E-state index contributed by atoms with van der Waals surface area (Å²) in [6.07, 6.45) is 8.87. The van der Waals surface area contributed by atoms with Crippen molar-refractivity contribution in [2.24, 2.45) is 17.8 Å². The Hall–Kier alpha value is -1.65. The van der Waals surface area contributed by atoms with E-state index in [0.717, 1.165) is 29.0 Å². The lowest BCUT2D eigenvalue weighted by molar-refractivity contribution is 0.304. The molecule has 5 heteroatoms. The Bertz CT molecular complexity index is 596. The Morgan fingerprint density at radius 1 is 1.32 bits per heavy atom. The summed E-state index contributed by atoms with van der Waals surface area (Å²) >= 11 is 0. The second kappa shape index (κ2) is 4.18. The van der Waals surface area contributed by atoms with Crippen LogP contribution in [0, 0.1) is 17.8 Å². The third-order valence-electron chi connectivity index (χ3n) is 4.97. The number of hydrogen-bond acceptors (Lipinski definition) is 5. The van der Waals surface area contributed by atoms with Gasteiger partial charge in [-0.1, -0.05) is 11.6 Å². The van der Waals surface area contributed by atoms with E-state index < -0.39 is 0 Å². The monoisotopic (exact) mass is 258 g/mol. The number of nitrogens with zero attached hydrogens (tertiary/aromatic N) is 3. The predicted octanol–water partition coefficient (Wildman–Crippen LogP) is 2.85. The molecule has 19 heavy (non-hydrogen) atoms. The molecule has 0 aromatic carbocycles. The topological polar surface area (TPSA) is 63.8 Å². The van der Waals surface area contributed by atoms with Gasteiger partial charge >= 0.3 is 0 Å². The van der Waals surface area contributed by atoms with Crippen LogP contribution in [0.15, 0.2) is 17.0 Å². The predicted molar refractivity (Wildman–Crippen MR) is 71.6 cm³/mol. The zero-order valence-electron chi connectivity index (χ0n) is 11.0.